The number of carboxylic acids is 1. The minimum atomic E-state index is -0.965. The number of aliphatic imine (C=N–C) groups is 1. The van der Waals surface area contributed by atoms with E-state index in [1.807, 2.05) is 30.3 Å². The van der Waals surface area contributed by atoms with E-state index in [2.05, 4.69) is 10.3 Å². The van der Waals surface area contributed by atoms with Gasteiger partial charge in [-0.1, -0.05) is 30.3 Å². The van der Waals surface area contributed by atoms with E-state index < -0.39 is 5.97 Å². The Morgan fingerprint density at radius 2 is 2.07 bits per heavy atom. The number of carbonyl (C=O) groups is 1. The van der Waals surface area contributed by atoms with Crippen LogP contribution in [0.1, 0.15) is 5.56 Å². The molecule has 0 aliphatic heterocycles. The van der Waals surface area contributed by atoms with Crippen molar-refractivity contribution in [3.05, 3.63) is 35.9 Å². The maximum atomic E-state index is 10.2. The van der Waals surface area contributed by atoms with E-state index in [-0.39, 0.29) is 12.5 Å². The van der Waals surface area contributed by atoms with E-state index in [0.29, 0.717) is 6.54 Å². The van der Waals surface area contributed by atoms with E-state index in [1.54, 1.807) is 0 Å². The average Bonchev–Trinajstić information content (AvgIpc) is 2.25. The van der Waals surface area contributed by atoms with E-state index in [4.69, 9.17) is 10.8 Å². The van der Waals surface area contributed by atoms with Crippen LogP contribution < -0.4 is 11.1 Å². The molecule has 1 aromatic carbocycles. The first-order valence-corrected chi connectivity index (χ1v) is 4.48. The zero-order valence-corrected chi connectivity index (χ0v) is 8.18. The maximum Gasteiger partial charge on any atom is 0.322 e. The van der Waals surface area contributed by atoms with Gasteiger partial charge in [-0.05, 0) is 5.56 Å². The first kappa shape index (κ1) is 11.0. The molecule has 80 valence electrons. The van der Waals surface area contributed by atoms with Crippen LogP contribution in [0.25, 0.3) is 0 Å². The highest BCUT2D eigenvalue weighted by molar-refractivity contribution is 5.82. The molecule has 0 fully saturated rings. The van der Waals surface area contributed by atoms with Crippen molar-refractivity contribution in [2.45, 2.75) is 6.54 Å². The molecular formula is C10H13N3O2. The summed E-state index contributed by atoms with van der Waals surface area (Å²) in [6, 6.07) is 9.58. The molecule has 0 unspecified atom stereocenters. The van der Waals surface area contributed by atoms with Gasteiger partial charge in [0.05, 0.1) is 6.54 Å². The Morgan fingerprint density at radius 1 is 1.40 bits per heavy atom. The summed E-state index contributed by atoms with van der Waals surface area (Å²) >= 11 is 0. The number of nitrogens with zero attached hydrogens (tertiary/aromatic N) is 1. The molecule has 1 aromatic rings. The molecule has 0 saturated heterocycles. The molecule has 5 nitrogen and oxygen atoms in total. The Bertz CT molecular complexity index is 349. The number of nitrogens with two attached hydrogens (primary N) is 1. The number of carboxylic acid groups (broad SMARTS) is 1. The second-order valence-electron chi connectivity index (χ2n) is 2.93. The maximum absolute atomic E-state index is 10.2. The number of benzene rings is 1. The zero-order valence-electron chi connectivity index (χ0n) is 8.18. The third-order valence-corrected chi connectivity index (χ3v) is 1.70. The third-order valence-electron chi connectivity index (χ3n) is 1.70. The molecule has 15 heavy (non-hydrogen) atoms. The normalized spacial score (nSPS) is 11.1. The van der Waals surface area contributed by atoms with Crippen molar-refractivity contribution in [2.75, 3.05) is 6.54 Å². The van der Waals surface area contributed by atoms with Gasteiger partial charge in [0, 0.05) is 0 Å². The van der Waals surface area contributed by atoms with Crippen LogP contribution in [-0.2, 0) is 11.3 Å². The average molecular weight is 207 g/mol. The van der Waals surface area contributed by atoms with E-state index in [9.17, 15) is 4.79 Å². The first-order valence-electron chi connectivity index (χ1n) is 4.48. The van der Waals surface area contributed by atoms with Crippen LogP contribution in [0.4, 0.5) is 0 Å². The van der Waals surface area contributed by atoms with Crippen LogP contribution >= 0.6 is 0 Å². The number of guanidine groups is 1. The number of nitrogens with one attached hydrogen (secondary N) is 1. The highest BCUT2D eigenvalue weighted by Gasteiger charge is 1.96. The third kappa shape index (κ3) is 4.66. The Kier molecular flexibility index (Phi) is 4.15. The van der Waals surface area contributed by atoms with Crippen LogP contribution in [0, 0.1) is 0 Å². The molecule has 0 bridgehead atoms. The highest BCUT2D eigenvalue weighted by atomic mass is 16.4. The quantitative estimate of drug-likeness (QED) is 0.485. The van der Waals surface area contributed by atoms with Crippen molar-refractivity contribution in [1.82, 2.24) is 5.32 Å². The van der Waals surface area contributed by atoms with Crippen molar-refractivity contribution >= 4 is 11.9 Å². The van der Waals surface area contributed by atoms with E-state index in [1.165, 1.54) is 0 Å². The summed E-state index contributed by atoms with van der Waals surface area (Å²) in [5.41, 5.74) is 6.47. The summed E-state index contributed by atoms with van der Waals surface area (Å²) in [4.78, 5) is 14.2. The topological polar surface area (TPSA) is 87.7 Å². The predicted octanol–water partition coefficient (Wildman–Crippen LogP) is 0.175. The van der Waals surface area contributed by atoms with E-state index >= 15 is 0 Å². The molecule has 0 aliphatic rings. The van der Waals surface area contributed by atoms with Gasteiger partial charge >= 0.3 is 5.97 Å². The van der Waals surface area contributed by atoms with Crippen molar-refractivity contribution in [3.8, 4) is 0 Å². The fourth-order valence-electron chi connectivity index (χ4n) is 0.982. The molecule has 5 heteroatoms. The van der Waals surface area contributed by atoms with Gasteiger partial charge < -0.3 is 16.2 Å². The molecular weight excluding hydrogens is 194 g/mol. The van der Waals surface area contributed by atoms with Crippen LogP contribution in [-0.4, -0.2) is 23.6 Å². The lowest BCUT2D eigenvalue weighted by molar-refractivity contribution is -0.135. The summed E-state index contributed by atoms with van der Waals surface area (Å²) in [5.74, 6) is -0.825. The van der Waals surface area contributed by atoms with Crippen molar-refractivity contribution in [3.63, 3.8) is 0 Å². The number of aliphatic carboxylic acids is 1. The van der Waals surface area contributed by atoms with Gasteiger partial charge in [0.15, 0.2) is 5.96 Å². The lowest BCUT2D eigenvalue weighted by Gasteiger charge is -2.01. The number of hydrogen-bond acceptors (Lipinski definition) is 2. The van der Waals surface area contributed by atoms with Gasteiger partial charge in [-0.3, -0.25) is 4.79 Å². The second-order valence-corrected chi connectivity index (χ2v) is 2.93. The van der Waals surface area contributed by atoms with Crippen molar-refractivity contribution in [1.29, 1.82) is 0 Å². The molecule has 0 saturated carbocycles. The zero-order chi connectivity index (χ0) is 11.1. The fraction of sp³-hybridized carbons (Fsp3) is 0.200. The molecule has 0 heterocycles. The van der Waals surface area contributed by atoms with Gasteiger partial charge in [-0.15, -0.1) is 0 Å². The molecule has 0 radical (unpaired) electrons. The van der Waals surface area contributed by atoms with Gasteiger partial charge in [0.25, 0.3) is 0 Å². The van der Waals surface area contributed by atoms with Gasteiger partial charge in [0.2, 0.25) is 0 Å². The molecule has 4 N–H and O–H groups in total. The molecule has 0 amide bonds. The van der Waals surface area contributed by atoms with Crippen LogP contribution in [0.2, 0.25) is 0 Å². The largest absolute Gasteiger partial charge is 0.480 e. The number of hydrogen-bond donors (Lipinski definition) is 3. The molecule has 0 aliphatic carbocycles. The summed E-state index contributed by atoms with van der Waals surface area (Å²) in [6.07, 6.45) is 0. The fourth-order valence-corrected chi connectivity index (χ4v) is 0.982. The summed E-state index contributed by atoms with van der Waals surface area (Å²) in [5, 5.41) is 10.9. The first-order chi connectivity index (χ1) is 7.18. The van der Waals surface area contributed by atoms with Crippen LogP contribution in [0.15, 0.2) is 35.3 Å². The monoisotopic (exact) mass is 207 g/mol. The minimum Gasteiger partial charge on any atom is -0.480 e. The van der Waals surface area contributed by atoms with Crippen molar-refractivity contribution < 1.29 is 9.90 Å². The summed E-state index contributed by atoms with van der Waals surface area (Å²) < 4.78 is 0. The Hall–Kier alpha value is -2.04. The Labute approximate surface area is 87.6 Å². The van der Waals surface area contributed by atoms with Gasteiger partial charge in [-0.2, -0.15) is 0 Å². The standard InChI is InChI=1S/C10H13N3O2/c11-10(13-7-9(14)15)12-6-8-4-2-1-3-5-8/h1-5H,6-7H2,(H,14,15)(H3,11,12,13). The molecule has 0 spiro atoms. The van der Waals surface area contributed by atoms with Gasteiger partial charge in [0.1, 0.15) is 6.54 Å². The molecule has 0 aromatic heterocycles. The second kappa shape index (κ2) is 5.64. The smallest absolute Gasteiger partial charge is 0.322 e. The molecule has 0 atom stereocenters. The SMILES string of the molecule is NC(=NCc1ccccc1)NCC(=O)O. The number of rotatable bonds is 4. The van der Waals surface area contributed by atoms with Gasteiger partial charge in [-0.25, -0.2) is 4.99 Å². The highest BCUT2D eigenvalue weighted by Crippen LogP contribution is 1.99. The van der Waals surface area contributed by atoms with Crippen LogP contribution in [0.3, 0.4) is 0 Å². The van der Waals surface area contributed by atoms with Crippen molar-refractivity contribution in [2.24, 2.45) is 10.7 Å². The Morgan fingerprint density at radius 3 is 2.67 bits per heavy atom. The summed E-state index contributed by atoms with van der Waals surface area (Å²) in [7, 11) is 0. The lowest BCUT2D eigenvalue weighted by Crippen LogP contribution is -2.35. The Balaban J connectivity index is 2.40. The van der Waals surface area contributed by atoms with Crippen LogP contribution in [0.5, 0.6) is 0 Å². The van der Waals surface area contributed by atoms with E-state index in [0.717, 1.165) is 5.56 Å². The lowest BCUT2D eigenvalue weighted by atomic mass is 10.2. The minimum absolute atomic E-state index is 0.140. The summed E-state index contributed by atoms with van der Waals surface area (Å²) in [6.45, 7) is 0.226. The molecule has 1 rings (SSSR count). The predicted molar refractivity (Wildman–Crippen MR) is 57.4 cm³/mol.